The molecular weight excluding hydrogens is 226 g/mol. The van der Waals surface area contributed by atoms with Gasteiger partial charge in [0.1, 0.15) is 5.40 Å². The normalized spacial score (nSPS) is 10.1. The third-order valence-corrected chi connectivity index (χ3v) is 3.31. The highest BCUT2D eigenvalue weighted by Crippen LogP contribution is 2.20. The third kappa shape index (κ3) is 2.61. The second-order valence-corrected chi connectivity index (χ2v) is 4.78. The minimum atomic E-state index is 0.662. The lowest BCUT2D eigenvalue weighted by Crippen LogP contribution is -1.87. The van der Waals surface area contributed by atoms with E-state index >= 15 is 0 Å². The molecule has 0 aliphatic rings. The fraction of sp³-hybridized carbons (Fsp3) is 0.100. The quantitative estimate of drug-likeness (QED) is 0.268. The first-order chi connectivity index (χ1) is 7.40. The summed E-state index contributed by atoms with van der Waals surface area (Å²) in [6.45, 7) is 0. The summed E-state index contributed by atoms with van der Waals surface area (Å²) in [5.41, 5.74) is 0.942. The highest BCUT2D eigenvalue weighted by molar-refractivity contribution is 8.18. The molecule has 0 N–H and O–H groups in total. The molecule has 2 rings (SSSR count). The van der Waals surface area contributed by atoms with Gasteiger partial charge >= 0.3 is 0 Å². The summed E-state index contributed by atoms with van der Waals surface area (Å²) in [5, 5.41) is 12.8. The molecule has 0 unspecified atom stereocenters. The molecule has 0 radical (unpaired) electrons. The van der Waals surface area contributed by atoms with Crippen LogP contribution in [0, 0.1) is 10.7 Å². The first-order valence-corrected chi connectivity index (χ1v) is 6.23. The van der Waals surface area contributed by atoms with Crippen molar-refractivity contribution in [1.82, 2.24) is 9.97 Å². The van der Waals surface area contributed by atoms with Gasteiger partial charge in [-0.25, -0.2) is 9.97 Å². The number of thiocyanates is 1. The van der Waals surface area contributed by atoms with Crippen molar-refractivity contribution in [2.45, 2.75) is 5.16 Å². The number of nitriles is 1. The average Bonchev–Trinajstić information content (AvgIpc) is 2.29. The maximum atomic E-state index is 8.37. The Balaban J connectivity index is 2.20. The Labute approximate surface area is 95.9 Å². The molecular formula is C10H7N3S2. The number of nitrogens with zero attached hydrogens (tertiary/aromatic N) is 3. The molecule has 0 saturated heterocycles. The second kappa shape index (κ2) is 5.01. The van der Waals surface area contributed by atoms with Crippen molar-refractivity contribution in [3.8, 4) is 5.40 Å². The summed E-state index contributed by atoms with van der Waals surface area (Å²) < 4.78 is 0. The fourth-order valence-electron chi connectivity index (χ4n) is 1.13. The van der Waals surface area contributed by atoms with E-state index in [1.807, 2.05) is 35.9 Å². The lowest BCUT2D eigenvalue weighted by atomic mass is 10.2. The standard InChI is InChI=1S/C10H7N3S2/c11-6-14-7-15-10-12-5-8-3-1-2-4-9(8)13-10/h1-5H,7H2. The number of aromatic nitrogens is 2. The molecule has 0 bridgehead atoms. The third-order valence-electron chi connectivity index (χ3n) is 1.78. The van der Waals surface area contributed by atoms with E-state index in [2.05, 4.69) is 9.97 Å². The van der Waals surface area contributed by atoms with Gasteiger partial charge in [-0.05, 0) is 17.8 Å². The zero-order valence-electron chi connectivity index (χ0n) is 7.75. The smallest absolute Gasteiger partial charge is 0.188 e. The molecule has 0 amide bonds. The van der Waals surface area contributed by atoms with Crippen LogP contribution in [-0.2, 0) is 0 Å². The number of para-hydroxylation sites is 1. The van der Waals surface area contributed by atoms with Crippen LogP contribution in [0.2, 0.25) is 0 Å². The van der Waals surface area contributed by atoms with E-state index in [1.54, 1.807) is 0 Å². The SMILES string of the molecule is N#CSCSc1ncc2ccccc2n1. The van der Waals surface area contributed by atoms with E-state index in [0.717, 1.165) is 16.1 Å². The Morgan fingerprint density at radius 2 is 2.20 bits per heavy atom. The zero-order chi connectivity index (χ0) is 10.5. The molecule has 0 fully saturated rings. The number of rotatable bonds is 3. The Hall–Kier alpha value is -1.25. The predicted octanol–water partition coefficient (Wildman–Crippen LogP) is 2.89. The molecule has 1 aromatic carbocycles. The number of hydrogen-bond acceptors (Lipinski definition) is 5. The van der Waals surface area contributed by atoms with Gasteiger partial charge in [-0.2, -0.15) is 5.26 Å². The van der Waals surface area contributed by atoms with Crippen molar-refractivity contribution < 1.29 is 0 Å². The molecule has 3 nitrogen and oxygen atoms in total. The van der Waals surface area contributed by atoms with Gasteiger partial charge < -0.3 is 0 Å². The van der Waals surface area contributed by atoms with Gasteiger partial charge in [0.15, 0.2) is 5.16 Å². The molecule has 74 valence electrons. The van der Waals surface area contributed by atoms with E-state index in [9.17, 15) is 0 Å². The minimum absolute atomic E-state index is 0.662. The number of thioether (sulfide) groups is 2. The molecule has 0 atom stereocenters. The van der Waals surface area contributed by atoms with Gasteiger partial charge in [-0.15, -0.1) is 0 Å². The maximum absolute atomic E-state index is 8.37. The van der Waals surface area contributed by atoms with Gasteiger partial charge in [0, 0.05) is 11.6 Å². The number of benzene rings is 1. The maximum Gasteiger partial charge on any atom is 0.188 e. The van der Waals surface area contributed by atoms with Crippen molar-refractivity contribution >= 4 is 34.4 Å². The van der Waals surface area contributed by atoms with Gasteiger partial charge in [0.05, 0.1) is 10.6 Å². The summed E-state index contributed by atoms with van der Waals surface area (Å²) in [4.78, 5) is 8.58. The molecule has 1 heterocycles. The molecule has 0 aliphatic carbocycles. The highest BCUT2D eigenvalue weighted by atomic mass is 32.2. The Morgan fingerprint density at radius 1 is 1.33 bits per heavy atom. The van der Waals surface area contributed by atoms with E-state index in [1.165, 1.54) is 23.5 Å². The van der Waals surface area contributed by atoms with Crippen molar-refractivity contribution in [3.63, 3.8) is 0 Å². The first kappa shape index (κ1) is 10.3. The van der Waals surface area contributed by atoms with Gasteiger partial charge in [-0.3, -0.25) is 0 Å². The molecule has 15 heavy (non-hydrogen) atoms. The van der Waals surface area contributed by atoms with Crippen molar-refractivity contribution in [2.24, 2.45) is 0 Å². The van der Waals surface area contributed by atoms with Crippen molar-refractivity contribution in [2.75, 3.05) is 5.08 Å². The van der Waals surface area contributed by atoms with Crippen LogP contribution in [-0.4, -0.2) is 15.1 Å². The van der Waals surface area contributed by atoms with Crippen LogP contribution in [0.4, 0.5) is 0 Å². The Kier molecular flexibility index (Phi) is 3.43. The number of fused-ring (bicyclic) bond motifs is 1. The van der Waals surface area contributed by atoms with E-state index < -0.39 is 0 Å². The number of hydrogen-bond donors (Lipinski definition) is 0. The summed E-state index contributed by atoms with van der Waals surface area (Å²) >= 11 is 2.67. The van der Waals surface area contributed by atoms with Crippen molar-refractivity contribution in [1.29, 1.82) is 5.26 Å². The van der Waals surface area contributed by atoms with Gasteiger partial charge in [0.25, 0.3) is 0 Å². The molecule has 1 aromatic heterocycles. The molecule has 5 heteroatoms. The van der Waals surface area contributed by atoms with Crippen LogP contribution >= 0.6 is 23.5 Å². The van der Waals surface area contributed by atoms with Crippen LogP contribution < -0.4 is 0 Å². The largest absolute Gasteiger partial charge is 0.230 e. The second-order valence-electron chi connectivity index (χ2n) is 2.71. The molecule has 0 aliphatic heterocycles. The Bertz CT molecular complexity index is 507. The molecule has 0 spiro atoms. The minimum Gasteiger partial charge on any atom is -0.230 e. The fourth-order valence-corrected chi connectivity index (χ4v) is 2.29. The summed E-state index contributed by atoms with van der Waals surface area (Å²) in [5.74, 6) is 0. The van der Waals surface area contributed by atoms with Gasteiger partial charge in [0.2, 0.25) is 0 Å². The van der Waals surface area contributed by atoms with Crippen molar-refractivity contribution in [3.05, 3.63) is 30.5 Å². The van der Waals surface area contributed by atoms with Crippen LogP contribution in [0.5, 0.6) is 0 Å². The van der Waals surface area contributed by atoms with E-state index in [0.29, 0.717) is 5.08 Å². The van der Waals surface area contributed by atoms with Crippen LogP contribution in [0.1, 0.15) is 0 Å². The summed E-state index contributed by atoms with van der Waals surface area (Å²) in [6.07, 6.45) is 1.81. The molecule has 0 saturated carbocycles. The van der Waals surface area contributed by atoms with E-state index in [-0.39, 0.29) is 0 Å². The van der Waals surface area contributed by atoms with Crippen LogP contribution in [0.15, 0.2) is 35.6 Å². The summed E-state index contributed by atoms with van der Waals surface area (Å²) in [6, 6.07) is 7.85. The van der Waals surface area contributed by atoms with E-state index in [4.69, 9.17) is 5.26 Å². The van der Waals surface area contributed by atoms with Crippen LogP contribution in [0.25, 0.3) is 10.9 Å². The highest BCUT2D eigenvalue weighted by Gasteiger charge is 1.99. The Morgan fingerprint density at radius 3 is 3.07 bits per heavy atom. The monoisotopic (exact) mass is 233 g/mol. The zero-order valence-corrected chi connectivity index (χ0v) is 9.38. The molecule has 2 aromatic rings. The first-order valence-electron chi connectivity index (χ1n) is 4.25. The van der Waals surface area contributed by atoms with Gasteiger partial charge in [-0.1, -0.05) is 30.0 Å². The lowest BCUT2D eigenvalue weighted by Gasteiger charge is -1.99. The topological polar surface area (TPSA) is 49.6 Å². The lowest BCUT2D eigenvalue weighted by molar-refractivity contribution is 1.01. The average molecular weight is 233 g/mol. The summed E-state index contributed by atoms with van der Waals surface area (Å²) in [7, 11) is 0. The van der Waals surface area contributed by atoms with Crippen LogP contribution in [0.3, 0.4) is 0 Å². The predicted molar refractivity (Wildman–Crippen MR) is 63.5 cm³/mol.